The van der Waals surface area contributed by atoms with E-state index in [2.05, 4.69) is 91.8 Å². The molecule has 31 heavy (non-hydrogen) atoms. The summed E-state index contributed by atoms with van der Waals surface area (Å²) >= 11 is 0.569. The molecular formula is C26H34Cl2N2Ni. The molecule has 1 aliphatic carbocycles. The van der Waals surface area contributed by atoms with Crippen molar-refractivity contribution >= 4 is 43.2 Å². The fraction of sp³-hybridized carbons (Fsp3) is 0.462. The molecule has 3 rings (SSSR count). The Kier molecular flexibility index (Phi) is 8.97. The average molecular weight is 504 g/mol. The number of hydrogen-bond acceptors (Lipinski definition) is 2. The van der Waals surface area contributed by atoms with Crippen LogP contribution in [0.2, 0.25) is 0 Å². The van der Waals surface area contributed by atoms with Crippen molar-refractivity contribution in [2.45, 2.75) is 68.2 Å². The molecule has 0 bridgehead atoms. The Bertz CT molecular complexity index is 871. The Morgan fingerprint density at radius 1 is 0.645 bits per heavy atom. The van der Waals surface area contributed by atoms with Gasteiger partial charge in [-0.1, -0.05) is 64.1 Å². The van der Waals surface area contributed by atoms with Crippen LogP contribution >= 0.6 is 20.4 Å². The first kappa shape index (κ1) is 26.1. The first-order chi connectivity index (χ1) is 14.4. The topological polar surface area (TPSA) is 24.7 Å². The number of para-hydroxylation sites is 2. The molecule has 172 valence electrons. The minimum absolute atomic E-state index is 0.000333. The molecule has 5 heteroatoms. The number of rotatable bonds is 2. The standard InChI is InChI=1S/C26H34N2.2ClH.Ni/c1-17-11-9-12-18(2)21(17)27-23-24(26(7,8)16-15-25(23,5)6)28-22-19(3)13-10-14-20(22)4;;;/h9-14H,15-16H2,1-8H3;2*1H;/q;;;+2/p-2. The van der Waals surface area contributed by atoms with Crippen LogP contribution in [-0.2, 0) is 12.7 Å². The normalized spacial score (nSPS) is 19.9. The number of halogens is 2. The zero-order chi connectivity index (χ0) is 23.4. The number of nitrogens with zero attached hydrogens (tertiary/aromatic N) is 2. The van der Waals surface area contributed by atoms with Crippen LogP contribution in [0.5, 0.6) is 0 Å². The predicted octanol–water partition coefficient (Wildman–Crippen LogP) is 8.99. The van der Waals surface area contributed by atoms with Gasteiger partial charge in [0.1, 0.15) is 0 Å². The van der Waals surface area contributed by atoms with E-state index < -0.39 is 0 Å². The predicted molar refractivity (Wildman–Crippen MR) is 135 cm³/mol. The van der Waals surface area contributed by atoms with Gasteiger partial charge in [-0.2, -0.15) is 0 Å². The average Bonchev–Trinajstić information content (AvgIpc) is 2.67. The summed E-state index contributed by atoms with van der Waals surface area (Å²) in [6.07, 6.45) is 2.24. The fourth-order valence-electron chi connectivity index (χ4n) is 4.10. The van der Waals surface area contributed by atoms with Crippen molar-refractivity contribution in [2.24, 2.45) is 20.8 Å². The van der Waals surface area contributed by atoms with Gasteiger partial charge in [0.05, 0.1) is 22.8 Å². The third-order valence-electron chi connectivity index (χ3n) is 6.21. The van der Waals surface area contributed by atoms with Crippen LogP contribution < -0.4 is 0 Å². The van der Waals surface area contributed by atoms with Crippen molar-refractivity contribution in [1.29, 1.82) is 0 Å². The van der Waals surface area contributed by atoms with E-state index >= 15 is 0 Å². The van der Waals surface area contributed by atoms with Crippen molar-refractivity contribution in [3.63, 3.8) is 0 Å². The van der Waals surface area contributed by atoms with E-state index in [0.717, 1.165) is 35.6 Å². The van der Waals surface area contributed by atoms with Gasteiger partial charge in [0.15, 0.2) is 0 Å². The second-order valence-corrected chi connectivity index (χ2v) is 11.3. The van der Waals surface area contributed by atoms with Crippen LogP contribution in [0.25, 0.3) is 0 Å². The minimum atomic E-state index is -0.000333. The van der Waals surface area contributed by atoms with Gasteiger partial charge in [0.2, 0.25) is 0 Å². The van der Waals surface area contributed by atoms with Gasteiger partial charge < -0.3 is 0 Å². The van der Waals surface area contributed by atoms with Crippen LogP contribution in [0.1, 0.15) is 62.8 Å². The molecule has 0 N–H and O–H groups in total. The molecule has 0 heterocycles. The van der Waals surface area contributed by atoms with E-state index in [4.69, 9.17) is 30.4 Å². The molecule has 1 aliphatic rings. The molecule has 0 aromatic heterocycles. The van der Waals surface area contributed by atoms with Gasteiger partial charge in [-0.15, -0.1) is 0 Å². The van der Waals surface area contributed by atoms with Gasteiger partial charge in [-0.05, 0) is 62.8 Å². The van der Waals surface area contributed by atoms with E-state index in [-0.39, 0.29) is 10.8 Å². The monoisotopic (exact) mass is 502 g/mol. The van der Waals surface area contributed by atoms with Gasteiger partial charge in [0.25, 0.3) is 0 Å². The maximum absolute atomic E-state index is 5.29. The second-order valence-electron chi connectivity index (χ2n) is 9.71. The van der Waals surface area contributed by atoms with Gasteiger partial charge in [0, 0.05) is 10.8 Å². The quantitative estimate of drug-likeness (QED) is 0.365. The Morgan fingerprint density at radius 2 is 0.903 bits per heavy atom. The Hall–Kier alpha value is -1.15. The van der Waals surface area contributed by atoms with E-state index in [1.165, 1.54) is 22.3 Å². The third kappa shape index (κ3) is 6.22. The van der Waals surface area contributed by atoms with Crippen molar-refractivity contribution in [1.82, 2.24) is 0 Å². The van der Waals surface area contributed by atoms with Crippen LogP contribution in [0.15, 0.2) is 46.4 Å². The molecule has 0 amide bonds. The van der Waals surface area contributed by atoms with Crippen LogP contribution in [0.3, 0.4) is 0 Å². The zero-order valence-corrected chi connectivity index (χ0v) is 22.3. The van der Waals surface area contributed by atoms with Crippen molar-refractivity contribution in [3.05, 3.63) is 58.7 Å². The van der Waals surface area contributed by atoms with Crippen LogP contribution in [0, 0.1) is 38.5 Å². The number of hydrogen-bond donors (Lipinski definition) is 0. The molecule has 2 nitrogen and oxygen atoms in total. The fourth-order valence-corrected chi connectivity index (χ4v) is 4.10. The summed E-state index contributed by atoms with van der Waals surface area (Å²) in [5.74, 6) is 0. The molecule has 0 saturated heterocycles. The SMILES string of the molecule is Cc1cccc(C)c1N=C1C(=Nc2c(C)cccc2C)C(C)(C)CCC1(C)C.[Cl][Ni][Cl]. The molecule has 0 atom stereocenters. The summed E-state index contributed by atoms with van der Waals surface area (Å²) in [6.45, 7) is 17.9. The van der Waals surface area contributed by atoms with Crippen LogP contribution in [-0.4, -0.2) is 11.4 Å². The summed E-state index contributed by atoms with van der Waals surface area (Å²) in [7, 11) is 9.40. The molecular weight excluding hydrogens is 470 g/mol. The van der Waals surface area contributed by atoms with E-state index in [0.29, 0.717) is 12.7 Å². The van der Waals surface area contributed by atoms with E-state index in [1.54, 1.807) is 0 Å². The summed E-state index contributed by atoms with van der Waals surface area (Å²) in [6, 6.07) is 12.8. The summed E-state index contributed by atoms with van der Waals surface area (Å²) in [4.78, 5) is 10.6. The molecule has 0 radical (unpaired) electrons. The van der Waals surface area contributed by atoms with E-state index in [9.17, 15) is 0 Å². The van der Waals surface area contributed by atoms with Gasteiger partial charge >= 0.3 is 33.0 Å². The van der Waals surface area contributed by atoms with E-state index in [1.807, 2.05) is 0 Å². The first-order valence-corrected chi connectivity index (χ1v) is 13.3. The van der Waals surface area contributed by atoms with Crippen LogP contribution in [0.4, 0.5) is 11.4 Å². The Balaban J connectivity index is 0.00000107. The summed E-state index contributed by atoms with van der Waals surface area (Å²) in [5, 5.41) is 0. The van der Waals surface area contributed by atoms with Gasteiger partial charge in [-0.3, -0.25) is 9.98 Å². The molecule has 1 saturated carbocycles. The summed E-state index contributed by atoms with van der Waals surface area (Å²) < 4.78 is 0. The molecule has 2 aromatic carbocycles. The van der Waals surface area contributed by atoms with Gasteiger partial charge in [-0.25, -0.2) is 0 Å². The molecule has 0 aliphatic heterocycles. The number of benzene rings is 2. The van der Waals surface area contributed by atoms with Crippen molar-refractivity contribution in [2.75, 3.05) is 0 Å². The Morgan fingerprint density at radius 3 is 1.16 bits per heavy atom. The second kappa shape index (κ2) is 10.6. The Labute approximate surface area is 202 Å². The first-order valence-electron chi connectivity index (χ1n) is 10.6. The maximum atomic E-state index is 5.29. The molecule has 1 fully saturated rings. The number of aliphatic imine (C=N–C) groups is 2. The molecule has 2 aromatic rings. The third-order valence-corrected chi connectivity index (χ3v) is 6.21. The number of aryl methyl sites for hydroxylation is 4. The summed E-state index contributed by atoms with van der Waals surface area (Å²) in [5.41, 5.74) is 9.36. The molecule has 0 spiro atoms. The molecule has 0 unspecified atom stereocenters. The van der Waals surface area contributed by atoms with Crippen molar-refractivity contribution in [3.8, 4) is 0 Å². The zero-order valence-electron chi connectivity index (χ0n) is 19.8. The van der Waals surface area contributed by atoms with Crippen molar-refractivity contribution < 1.29 is 12.7 Å².